The Bertz CT molecular complexity index is 510. The van der Waals surface area contributed by atoms with E-state index in [9.17, 15) is 10.2 Å². The Morgan fingerprint density at radius 2 is 1.65 bits per heavy atom. The lowest BCUT2D eigenvalue weighted by atomic mass is 10.0. The molecule has 0 aliphatic rings. The molecule has 2 rings (SSSR count). The van der Waals surface area contributed by atoms with Crippen molar-refractivity contribution in [2.45, 2.75) is 25.4 Å². The average molecular weight is 271 g/mol. The van der Waals surface area contributed by atoms with Crippen LogP contribution in [0.4, 0.5) is 0 Å². The van der Waals surface area contributed by atoms with Crippen LogP contribution in [-0.2, 0) is 6.42 Å². The summed E-state index contributed by atoms with van der Waals surface area (Å²) in [5, 5.41) is 22.2. The van der Waals surface area contributed by atoms with Gasteiger partial charge in [-0.3, -0.25) is 0 Å². The second kappa shape index (κ2) is 7.08. The van der Waals surface area contributed by atoms with E-state index in [-0.39, 0.29) is 24.4 Å². The van der Waals surface area contributed by atoms with Gasteiger partial charge < -0.3 is 15.5 Å². The van der Waals surface area contributed by atoms with Gasteiger partial charge in [-0.25, -0.2) is 0 Å². The molecule has 2 atom stereocenters. The lowest BCUT2D eigenvalue weighted by Gasteiger charge is -2.22. The first-order valence-corrected chi connectivity index (χ1v) is 6.89. The van der Waals surface area contributed by atoms with Gasteiger partial charge in [0.1, 0.15) is 5.75 Å². The Morgan fingerprint density at radius 1 is 1.00 bits per heavy atom. The van der Waals surface area contributed by atoms with E-state index in [2.05, 4.69) is 24.4 Å². The fourth-order valence-corrected chi connectivity index (χ4v) is 2.29. The van der Waals surface area contributed by atoms with Crippen molar-refractivity contribution in [1.29, 1.82) is 0 Å². The number of phenolic OH excluding ortho intramolecular Hbond substituents is 1. The molecule has 0 aliphatic carbocycles. The molecule has 0 aromatic heterocycles. The minimum absolute atomic E-state index is 0.0150. The predicted octanol–water partition coefficient (Wildman–Crippen LogP) is 2.65. The second-order valence-electron chi connectivity index (χ2n) is 5.05. The minimum Gasteiger partial charge on any atom is -0.508 e. The molecule has 2 unspecified atom stereocenters. The van der Waals surface area contributed by atoms with Crippen molar-refractivity contribution in [1.82, 2.24) is 5.32 Å². The van der Waals surface area contributed by atoms with Crippen molar-refractivity contribution in [3.05, 3.63) is 65.7 Å². The molecule has 3 heteroatoms. The molecule has 0 amide bonds. The van der Waals surface area contributed by atoms with Crippen LogP contribution in [-0.4, -0.2) is 22.9 Å². The number of aliphatic hydroxyl groups is 1. The first kappa shape index (κ1) is 14.6. The lowest BCUT2D eigenvalue weighted by molar-refractivity contribution is 0.232. The van der Waals surface area contributed by atoms with E-state index < -0.39 is 0 Å². The summed E-state index contributed by atoms with van der Waals surface area (Å²) in [7, 11) is 0. The van der Waals surface area contributed by atoms with Crippen molar-refractivity contribution in [3.8, 4) is 5.75 Å². The Morgan fingerprint density at radius 3 is 2.25 bits per heavy atom. The molecule has 106 valence electrons. The van der Waals surface area contributed by atoms with Gasteiger partial charge in [0.25, 0.3) is 0 Å². The highest BCUT2D eigenvalue weighted by molar-refractivity contribution is 5.27. The van der Waals surface area contributed by atoms with Crippen LogP contribution < -0.4 is 5.32 Å². The van der Waals surface area contributed by atoms with E-state index in [1.54, 1.807) is 12.1 Å². The Balaban J connectivity index is 1.97. The van der Waals surface area contributed by atoms with Gasteiger partial charge in [-0.2, -0.15) is 0 Å². The number of nitrogens with one attached hydrogen (secondary N) is 1. The summed E-state index contributed by atoms with van der Waals surface area (Å²) in [5.41, 5.74) is 2.30. The third-order valence-electron chi connectivity index (χ3n) is 3.42. The van der Waals surface area contributed by atoms with Crippen LogP contribution in [0.15, 0.2) is 54.6 Å². The highest BCUT2D eigenvalue weighted by Gasteiger charge is 2.13. The summed E-state index contributed by atoms with van der Waals surface area (Å²) in [6.45, 7) is 2.15. The number of phenols is 1. The maximum atomic E-state index is 9.52. The summed E-state index contributed by atoms with van der Waals surface area (Å²) >= 11 is 0. The molecule has 0 bridgehead atoms. The van der Waals surface area contributed by atoms with Crippen LogP contribution in [0.5, 0.6) is 5.75 Å². The molecule has 2 aromatic carbocycles. The van der Waals surface area contributed by atoms with E-state index in [0.717, 1.165) is 12.0 Å². The molecule has 0 spiro atoms. The Labute approximate surface area is 119 Å². The summed E-state index contributed by atoms with van der Waals surface area (Å²) in [6, 6.07) is 17.4. The molecule has 0 radical (unpaired) electrons. The molecule has 2 aromatic rings. The van der Waals surface area contributed by atoms with Gasteiger partial charge in [0.15, 0.2) is 0 Å². The standard InChI is InChI=1S/C17H21NO2/c1-13(15-7-9-17(20)10-8-15)18-16(12-19)11-14-5-3-2-4-6-14/h2-10,13,16,18-20H,11-12H2,1H3. The van der Waals surface area contributed by atoms with Crippen molar-refractivity contribution < 1.29 is 10.2 Å². The highest BCUT2D eigenvalue weighted by atomic mass is 16.3. The number of benzene rings is 2. The maximum absolute atomic E-state index is 9.52. The smallest absolute Gasteiger partial charge is 0.115 e. The minimum atomic E-state index is 0.0150. The number of hydrogen-bond donors (Lipinski definition) is 3. The number of aromatic hydroxyl groups is 1. The average Bonchev–Trinajstić information content (AvgIpc) is 2.48. The van der Waals surface area contributed by atoms with Gasteiger partial charge in [-0.1, -0.05) is 42.5 Å². The number of rotatable bonds is 6. The summed E-state index contributed by atoms with van der Waals surface area (Å²) in [6.07, 6.45) is 0.791. The van der Waals surface area contributed by atoms with Crippen LogP contribution >= 0.6 is 0 Å². The zero-order chi connectivity index (χ0) is 14.4. The van der Waals surface area contributed by atoms with Gasteiger partial charge in [0, 0.05) is 12.1 Å². The topological polar surface area (TPSA) is 52.5 Å². The van der Waals surface area contributed by atoms with Gasteiger partial charge in [0.2, 0.25) is 0 Å². The maximum Gasteiger partial charge on any atom is 0.115 e. The van der Waals surface area contributed by atoms with Crippen molar-refractivity contribution >= 4 is 0 Å². The zero-order valence-electron chi connectivity index (χ0n) is 11.7. The van der Waals surface area contributed by atoms with Crippen LogP contribution in [0, 0.1) is 0 Å². The first-order chi connectivity index (χ1) is 9.69. The Hall–Kier alpha value is -1.84. The van der Waals surface area contributed by atoms with Gasteiger partial charge in [-0.15, -0.1) is 0 Å². The van der Waals surface area contributed by atoms with E-state index in [4.69, 9.17) is 0 Å². The van der Waals surface area contributed by atoms with Crippen molar-refractivity contribution in [3.63, 3.8) is 0 Å². The van der Waals surface area contributed by atoms with E-state index >= 15 is 0 Å². The summed E-state index contributed by atoms with van der Waals surface area (Å²) < 4.78 is 0. The fraction of sp³-hybridized carbons (Fsp3) is 0.294. The van der Waals surface area contributed by atoms with E-state index in [1.807, 2.05) is 30.3 Å². The summed E-state index contributed by atoms with van der Waals surface area (Å²) in [4.78, 5) is 0. The third-order valence-corrected chi connectivity index (χ3v) is 3.42. The molecule has 3 N–H and O–H groups in total. The quantitative estimate of drug-likeness (QED) is 0.757. The van der Waals surface area contributed by atoms with Crippen molar-refractivity contribution in [2.24, 2.45) is 0 Å². The van der Waals surface area contributed by atoms with E-state index in [0.29, 0.717) is 0 Å². The van der Waals surface area contributed by atoms with E-state index in [1.165, 1.54) is 5.56 Å². The molecule has 0 fully saturated rings. The zero-order valence-corrected chi connectivity index (χ0v) is 11.7. The molecule has 0 heterocycles. The molecular weight excluding hydrogens is 250 g/mol. The third kappa shape index (κ3) is 4.08. The SMILES string of the molecule is CC(NC(CO)Cc1ccccc1)c1ccc(O)cc1. The van der Waals surface area contributed by atoms with Crippen LogP contribution in [0.2, 0.25) is 0 Å². The number of hydrogen-bond acceptors (Lipinski definition) is 3. The molecule has 3 nitrogen and oxygen atoms in total. The molecular formula is C17H21NO2. The lowest BCUT2D eigenvalue weighted by Crippen LogP contribution is -2.36. The molecule has 0 aliphatic heterocycles. The van der Waals surface area contributed by atoms with Gasteiger partial charge in [0.05, 0.1) is 6.61 Å². The van der Waals surface area contributed by atoms with Crippen LogP contribution in [0.25, 0.3) is 0 Å². The Kier molecular flexibility index (Phi) is 5.16. The largest absolute Gasteiger partial charge is 0.508 e. The molecule has 0 saturated heterocycles. The molecule has 0 saturated carbocycles. The fourth-order valence-electron chi connectivity index (χ4n) is 2.29. The van der Waals surface area contributed by atoms with Crippen LogP contribution in [0.1, 0.15) is 24.1 Å². The predicted molar refractivity (Wildman–Crippen MR) is 80.7 cm³/mol. The first-order valence-electron chi connectivity index (χ1n) is 6.89. The van der Waals surface area contributed by atoms with Crippen LogP contribution in [0.3, 0.4) is 0 Å². The summed E-state index contributed by atoms with van der Waals surface area (Å²) in [5.74, 6) is 0.268. The van der Waals surface area contributed by atoms with Crippen molar-refractivity contribution in [2.75, 3.05) is 6.61 Å². The monoisotopic (exact) mass is 271 g/mol. The normalized spacial score (nSPS) is 13.9. The highest BCUT2D eigenvalue weighted by Crippen LogP contribution is 2.17. The van der Waals surface area contributed by atoms with Gasteiger partial charge >= 0.3 is 0 Å². The number of aliphatic hydroxyl groups excluding tert-OH is 1. The second-order valence-corrected chi connectivity index (χ2v) is 5.05. The van der Waals surface area contributed by atoms with Gasteiger partial charge in [-0.05, 0) is 36.6 Å². The molecule has 20 heavy (non-hydrogen) atoms.